The van der Waals surface area contributed by atoms with Crippen molar-refractivity contribution in [3.05, 3.63) is 59.9 Å². The molecule has 0 bridgehead atoms. The summed E-state index contributed by atoms with van der Waals surface area (Å²) in [4.78, 5) is 16.1. The lowest BCUT2D eigenvalue weighted by Gasteiger charge is -2.06. The van der Waals surface area contributed by atoms with Gasteiger partial charge in [0.2, 0.25) is 0 Å². The summed E-state index contributed by atoms with van der Waals surface area (Å²) in [7, 11) is 1.65. The lowest BCUT2D eigenvalue weighted by atomic mass is 10.1. The number of hydrogen-bond donors (Lipinski definition) is 0. The van der Waals surface area contributed by atoms with E-state index in [1.165, 1.54) is 0 Å². The predicted octanol–water partition coefficient (Wildman–Crippen LogP) is 3.69. The highest BCUT2D eigenvalue weighted by Gasteiger charge is 2.06. The van der Waals surface area contributed by atoms with Gasteiger partial charge in [0.15, 0.2) is 5.78 Å². The Balaban J connectivity index is 1.85. The Bertz CT molecular complexity index is 804. The van der Waals surface area contributed by atoms with Gasteiger partial charge in [-0.05, 0) is 17.7 Å². The lowest BCUT2D eigenvalue weighted by Crippen LogP contribution is -2.00. The minimum Gasteiger partial charge on any atom is -0.497 e. The molecule has 3 rings (SSSR count). The van der Waals surface area contributed by atoms with Gasteiger partial charge in [-0.15, -0.1) is 0 Å². The van der Waals surface area contributed by atoms with Crippen LogP contribution < -0.4 is 4.74 Å². The normalized spacial score (nSPS) is 10.8. The van der Waals surface area contributed by atoms with Crippen molar-refractivity contribution < 1.29 is 9.53 Å². The second-order valence-corrected chi connectivity index (χ2v) is 5.20. The van der Waals surface area contributed by atoms with Gasteiger partial charge in [0.05, 0.1) is 24.5 Å². The van der Waals surface area contributed by atoms with Crippen LogP contribution in [0.1, 0.15) is 29.3 Å². The minimum atomic E-state index is 0.173. The fourth-order valence-electron chi connectivity index (χ4n) is 2.49. The van der Waals surface area contributed by atoms with E-state index in [9.17, 15) is 4.79 Å². The van der Waals surface area contributed by atoms with E-state index in [-0.39, 0.29) is 5.78 Å². The molecular weight excluding hydrogens is 276 g/mol. The first-order valence-corrected chi connectivity index (χ1v) is 7.32. The molecule has 2 aromatic carbocycles. The SMILES string of the molecule is CCC(=O)c1ccc(Cn2cnc3cc(OC)ccc32)cc1. The van der Waals surface area contributed by atoms with Crippen LogP contribution in [0, 0.1) is 0 Å². The van der Waals surface area contributed by atoms with Crippen LogP contribution in [-0.4, -0.2) is 22.4 Å². The van der Waals surface area contributed by atoms with Gasteiger partial charge in [-0.1, -0.05) is 31.2 Å². The Hall–Kier alpha value is -2.62. The first-order chi connectivity index (χ1) is 10.7. The molecule has 0 aliphatic heterocycles. The maximum atomic E-state index is 11.6. The van der Waals surface area contributed by atoms with Crippen LogP contribution in [0.3, 0.4) is 0 Å². The summed E-state index contributed by atoms with van der Waals surface area (Å²) >= 11 is 0. The van der Waals surface area contributed by atoms with Gasteiger partial charge >= 0.3 is 0 Å². The summed E-state index contributed by atoms with van der Waals surface area (Å²) in [6, 6.07) is 13.7. The average Bonchev–Trinajstić information content (AvgIpc) is 2.97. The van der Waals surface area contributed by atoms with Crippen LogP contribution in [0.4, 0.5) is 0 Å². The molecule has 0 saturated carbocycles. The second-order valence-electron chi connectivity index (χ2n) is 5.20. The van der Waals surface area contributed by atoms with Crippen LogP contribution >= 0.6 is 0 Å². The van der Waals surface area contributed by atoms with E-state index in [1.54, 1.807) is 7.11 Å². The monoisotopic (exact) mass is 294 g/mol. The zero-order valence-electron chi connectivity index (χ0n) is 12.7. The number of carbonyl (C=O) groups excluding carboxylic acids is 1. The van der Waals surface area contributed by atoms with Crippen molar-refractivity contribution in [2.75, 3.05) is 7.11 Å². The summed E-state index contributed by atoms with van der Waals surface area (Å²) in [6.07, 6.45) is 2.36. The van der Waals surface area contributed by atoms with Crippen molar-refractivity contribution in [1.29, 1.82) is 0 Å². The number of ether oxygens (including phenoxy) is 1. The van der Waals surface area contributed by atoms with Crippen LogP contribution in [0.25, 0.3) is 11.0 Å². The number of rotatable bonds is 5. The van der Waals surface area contributed by atoms with Crippen molar-refractivity contribution in [1.82, 2.24) is 9.55 Å². The zero-order chi connectivity index (χ0) is 15.5. The van der Waals surface area contributed by atoms with E-state index in [0.29, 0.717) is 6.42 Å². The molecule has 0 spiro atoms. The number of aromatic nitrogens is 2. The van der Waals surface area contributed by atoms with E-state index in [4.69, 9.17) is 4.74 Å². The molecule has 112 valence electrons. The third-order valence-electron chi connectivity index (χ3n) is 3.78. The molecule has 3 aromatic rings. The van der Waals surface area contributed by atoms with Crippen molar-refractivity contribution in [2.24, 2.45) is 0 Å². The number of Topliss-reactive ketones (excluding diaryl/α,β-unsaturated/α-hetero) is 1. The molecule has 0 radical (unpaired) electrons. The van der Waals surface area contributed by atoms with Gasteiger partial charge in [0, 0.05) is 24.6 Å². The van der Waals surface area contributed by atoms with Crippen molar-refractivity contribution in [3.8, 4) is 5.75 Å². The van der Waals surface area contributed by atoms with Gasteiger partial charge in [-0.25, -0.2) is 4.98 Å². The Morgan fingerprint density at radius 1 is 1.18 bits per heavy atom. The summed E-state index contributed by atoms with van der Waals surface area (Å²) < 4.78 is 7.30. The first-order valence-electron chi connectivity index (χ1n) is 7.32. The molecule has 1 aromatic heterocycles. The molecule has 0 N–H and O–H groups in total. The molecule has 0 fully saturated rings. The Kier molecular flexibility index (Phi) is 3.92. The van der Waals surface area contributed by atoms with Crippen LogP contribution in [0.15, 0.2) is 48.8 Å². The van der Waals surface area contributed by atoms with E-state index in [0.717, 1.165) is 34.5 Å². The lowest BCUT2D eigenvalue weighted by molar-refractivity contribution is 0.0988. The number of carbonyl (C=O) groups is 1. The molecule has 0 atom stereocenters. The quantitative estimate of drug-likeness (QED) is 0.674. The molecule has 1 heterocycles. The number of methoxy groups -OCH3 is 1. The van der Waals surface area contributed by atoms with Crippen molar-refractivity contribution in [3.63, 3.8) is 0 Å². The fraction of sp³-hybridized carbons (Fsp3) is 0.222. The van der Waals surface area contributed by atoms with E-state index < -0.39 is 0 Å². The second kappa shape index (κ2) is 6.02. The average molecular weight is 294 g/mol. The molecular formula is C18H18N2O2. The smallest absolute Gasteiger partial charge is 0.162 e. The number of imidazole rings is 1. The van der Waals surface area contributed by atoms with E-state index in [1.807, 2.05) is 55.7 Å². The van der Waals surface area contributed by atoms with Gasteiger partial charge in [-0.3, -0.25) is 4.79 Å². The Morgan fingerprint density at radius 2 is 1.95 bits per heavy atom. The zero-order valence-corrected chi connectivity index (χ0v) is 12.7. The summed E-state index contributed by atoms with van der Waals surface area (Å²) in [5.74, 6) is 0.979. The summed E-state index contributed by atoms with van der Waals surface area (Å²) in [5.41, 5.74) is 3.89. The van der Waals surface area contributed by atoms with Gasteiger partial charge in [0.25, 0.3) is 0 Å². The number of benzene rings is 2. The number of ketones is 1. The Labute approximate surface area is 129 Å². The third-order valence-corrected chi connectivity index (χ3v) is 3.78. The summed E-state index contributed by atoms with van der Waals surface area (Å²) in [5, 5.41) is 0. The van der Waals surface area contributed by atoms with Crippen LogP contribution in [-0.2, 0) is 6.54 Å². The van der Waals surface area contributed by atoms with Gasteiger partial charge < -0.3 is 9.30 Å². The molecule has 0 saturated heterocycles. The topological polar surface area (TPSA) is 44.1 Å². The van der Waals surface area contributed by atoms with Crippen molar-refractivity contribution in [2.45, 2.75) is 19.9 Å². The van der Waals surface area contributed by atoms with E-state index in [2.05, 4.69) is 9.55 Å². The number of fused-ring (bicyclic) bond motifs is 1. The molecule has 0 unspecified atom stereocenters. The van der Waals surface area contributed by atoms with E-state index >= 15 is 0 Å². The standard InChI is InChI=1S/C18H18N2O2/c1-3-18(21)14-6-4-13(5-7-14)11-20-12-19-16-10-15(22-2)8-9-17(16)20/h4-10,12H,3,11H2,1-2H3. The van der Waals surface area contributed by atoms with Crippen LogP contribution in [0.5, 0.6) is 5.75 Å². The van der Waals surface area contributed by atoms with Crippen molar-refractivity contribution >= 4 is 16.8 Å². The highest BCUT2D eigenvalue weighted by atomic mass is 16.5. The summed E-state index contributed by atoms with van der Waals surface area (Å²) in [6.45, 7) is 2.60. The van der Waals surface area contributed by atoms with Crippen LogP contribution in [0.2, 0.25) is 0 Å². The Morgan fingerprint density at radius 3 is 2.64 bits per heavy atom. The first kappa shape index (κ1) is 14.3. The molecule has 0 aliphatic rings. The predicted molar refractivity (Wildman–Crippen MR) is 86.5 cm³/mol. The highest BCUT2D eigenvalue weighted by molar-refractivity contribution is 5.95. The molecule has 22 heavy (non-hydrogen) atoms. The number of nitrogens with zero attached hydrogens (tertiary/aromatic N) is 2. The molecule has 0 aliphatic carbocycles. The number of hydrogen-bond acceptors (Lipinski definition) is 3. The molecule has 4 nitrogen and oxygen atoms in total. The minimum absolute atomic E-state index is 0.173. The molecule has 4 heteroatoms. The fourth-order valence-corrected chi connectivity index (χ4v) is 2.49. The molecule has 0 amide bonds. The third kappa shape index (κ3) is 2.72. The highest BCUT2D eigenvalue weighted by Crippen LogP contribution is 2.20. The largest absolute Gasteiger partial charge is 0.497 e. The van der Waals surface area contributed by atoms with Gasteiger partial charge in [0.1, 0.15) is 5.75 Å². The maximum Gasteiger partial charge on any atom is 0.162 e. The van der Waals surface area contributed by atoms with Gasteiger partial charge in [-0.2, -0.15) is 0 Å². The maximum absolute atomic E-state index is 11.6.